The first-order chi connectivity index (χ1) is 16.3. The largest absolute Gasteiger partial charge is 0.490 e. The second-order valence-corrected chi connectivity index (χ2v) is 9.69. The molecule has 0 spiro atoms. The van der Waals surface area contributed by atoms with Gasteiger partial charge in [-0.3, -0.25) is 10.2 Å². The highest BCUT2D eigenvalue weighted by Crippen LogP contribution is 2.30. The van der Waals surface area contributed by atoms with E-state index in [1.807, 2.05) is 50.2 Å². The van der Waals surface area contributed by atoms with Gasteiger partial charge in [0.1, 0.15) is 29.8 Å². The van der Waals surface area contributed by atoms with Crippen LogP contribution in [0.5, 0.6) is 11.5 Å². The molecule has 2 aromatic carbocycles. The Morgan fingerprint density at radius 3 is 2.56 bits per heavy atom. The van der Waals surface area contributed by atoms with Crippen LogP contribution in [0.3, 0.4) is 0 Å². The molecule has 7 nitrogen and oxygen atoms in total. The number of aliphatic imine (C=N–C) groups is 1. The molecule has 1 amide bonds. The van der Waals surface area contributed by atoms with Crippen LogP contribution in [-0.4, -0.2) is 40.2 Å². The highest BCUT2D eigenvalue weighted by molar-refractivity contribution is 8.26. The van der Waals surface area contributed by atoms with Gasteiger partial charge in [-0.15, -0.1) is 0 Å². The zero-order chi connectivity index (χ0) is 24.2. The molecular formula is C26H28N4O3S. The summed E-state index contributed by atoms with van der Waals surface area (Å²) in [5.41, 5.74) is 3.25. The quantitative estimate of drug-likeness (QED) is 0.406. The molecule has 0 saturated heterocycles. The molecule has 0 radical (unpaired) electrons. The Kier molecular flexibility index (Phi) is 7.17. The molecule has 0 saturated carbocycles. The van der Waals surface area contributed by atoms with Crippen LogP contribution in [-0.2, 0) is 4.79 Å². The fourth-order valence-corrected chi connectivity index (χ4v) is 4.56. The number of rotatable bonds is 8. The van der Waals surface area contributed by atoms with Gasteiger partial charge in [-0.25, -0.2) is 0 Å². The second-order valence-electron chi connectivity index (χ2n) is 8.65. The van der Waals surface area contributed by atoms with Crippen LogP contribution in [0.25, 0.3) is 6.08 Å². The number of amidine groups is 2. The number of thioether (sulfide) groups is 1. The lowest BCUT2D eigenvalue weighted by Gasteiger charge is -2.20. The third-order valence-electron chi connectivity index (χ3n) is 5.22. The van der Waals surface area contributed by atoms with E-state index in [0.717, 1.165) is 33.9 Å². The SMILES string of the molecule is Cc1ccc(C)c(OCCOc2ccc(/C=C3/C(=N)N4N=C(CC(C)C)SC4=NC3=O)cc2)c1. The van der Waals surface area contributed by atoms with Gasteiger partial charge in [0.15, 0.2) is 5.84 Å². The molecule has 2 aliphatic heterocycles. The Morgan fingerprint density at radius 1 is 1.09 bits per heavy atom. The summed E-state index contributed by atoms with van der Waals surface area (Å²) in [6.07, 6.45) is 2.46. The van der Waals surface area contributed by atoms with Crippen molar-refractivity contribution in [1.29, 1.82) is 5.41 Å². The van der Waals surface area contributed by atoms with Crippen molar-refractivity contribution in [3.05, 3.63) is 64.7 Å². The Morgan fingerprint density at radius 2 is 1.82 bits per heavy atom. The molecule has 0 aliphatic carbocycles. The zero-order valence-electron chi connectivity index (χ0n) is 19.8. The van der Waals surface area contributed by atoms with E-state index in [1.54, 1.807) is 6.08 Å². The summed E-state index contributed by atoms with van der Waals surface area (Å²) < 4.78 is 11.6. The molecular weight excluding hydrogens is 448 g/mol. The fraction of sp³-hybridized carbons (Fsp3) is 0.308. The lowest BCUT2D eigenvalue weighted by Crippen LogP contribution is -2.35. The molecule has 0 fully saturated rings. The van der Waals surface area contributed by atoms with Crippen molar-refractivity contribution in [3.8, 4) is 11.5 Å². The standard InChI is InChI=1S/C26H28N4O3S/c1-16(2)13-23-29-30-24(27)21(25(31)28-26(30)34-23)15-19-7-9-20(10-8-19)32-11-12-33-22-14-17(3)5-6-18(22)4/h5-10,14-16,27H,11-13H2,1-4H3/b21-15-,27-24?. The molecule has 2 heterocycles. The van der Waals surface area contributed by atoms with Gasteiger partial charge in [0.25, 0.3) is 5.91 Å². The summed E-state index contributed by atoms with van der Waals surface area (Å²) in [5, 5.41) is 15.7. The van der Waals surface area contributed by atoms with E-state index in [9.17, 15) is 4.79 Å². The van der Waals surface area contributed by atoms with E-state index in [4.69, 9.17) is 14.9 Å². The first-order valence-corrected chi connectivity index (χ1v) is 12.0. The van der Waals surface area contributed by atoms with Crippen LogP contribution in [0, 0.1) is 25.2 Å². The first kappa shape index (κ1) is 23.8. The topological polar surface area (TPSA) is 87.3 Å². The third kappa shape index (κ3) is 5.56. The van der Waals surface area contributed by atoms with Gasteiger partial charge in [-0.2, -0.15) is 15.1 Å². The average Bonchev–Trinajstić information content (AvgIpc) is 3.19. The summed E-state index contributed by atoms with van der Waals surface area (Å²) in [6.45, 7) is 9.12. The van der Waals surface area contributed by atoms with E-state index in [0.29, 0.717) is 30.0 Å². The van der Waals surface area contributed by atoms with Gasteiger partial charge in [0.05, 0.1) is 5.57 Å². The first-order valence-electron chi connectivity index (χ1n) is 11.2. The fourth-order valence-electron chi connectivity index (χ4n) is 3.46. The number of nitrogens with zero attached hydrogens (tertiary/aromatic N) is 3. The molecule has 0 atom stereocenters. The van der Waals surface area contributed by atoms with E-state index in [1.165, 1.54) is 16.8 Å². The van der Waals surface area contributed by atoms with Crippen molar-refractivity contribution >= 4 is 39.8 Å². The summed E-state index contributed by atoms with van der Waals surface area (Å²) >= 11 is 1.36. The predicted molar refractivity (Wildman–Crippen MR) is 138 cm³/mol. The molecule has 2 aliphatic rings. The summed E-state index contributed by atoms with van der Waals surface area (Å²) in [6, 6.07) is 13.5. The molecule has 0 bridgehead atoms. The number of ether oxygens (including phenoxy) is 2. The molecule has 1 N–H and O–H groups in total. The number of carbonyl (C=O) groups is 1. The second kappa shape index (κ2) is 10.3. The van der Waals surface area contributed by atoms with Crippen molar-refractivity contribution in [2.45, 2.75) is 34.1 Å². The van der Waals surface area contributed by atoms with Gasteiger partial charge < -0.3 is 9.47 Å². The minimum Gasteiger partial charge on any atom is -0.490 e. The van der Waals surface area contributed by atoms with Crippen molar-refractivity contribution in [1.82, 2.24) is 5.01 Å². The number of benzene rings is 2. The smallest absolute Gasteiger partial charge is 0.283 e. The van der Waals surface area contributed by atoms with Crippen molar-refractivity contribution in [3.63, 3.8) is 0 Å². The summed E-state index contributed by atoms with van der Waals surface area (Å²) in [5.74, 6) is 1.63. The number of nitrogens with one attached hydrogen (secondary N) is 1. The molecule has 0 aromatic heterocycles. The zero-order valence-corrected chi connectivity index (χ0v) is 20.6. The van der Waals surface area contributed by atoms with E-state index < -0.39 is 5.91 Å². The number of carbonyl (C=O) groups excluding carboxylic acids is 1. The third-order valence-corrected chi connectivity index (χ3v) is 6.15. The summed E-state index contributed by atoms with van der Waals surface area (Å²) in [4.78, 5) is 16.7. The predicted octanol–water partition coefficient (Wildman–Crippen LogP) is 5.43. The molecule has 34 heavy (non-hydrogen) atoms. The lowest BCUT2D eigenvalue weighted by atomic mass is 10.1. The monoisotopic (exact) mass is 476 g/mol. The number of hydrogen-bond acceptors (Lipinski definition) is 6. The van der Waals surface area contributed by atoms with Crippen molar-refractivity contribution in [2.75, 3.05) is 13.2 Å². The molecule has 0 unspecified atom stereocenters. The number of hydrogen-bond donors (Lipinski definition) is 1. The minimum atomic E-state index is -0.423. The van der Waals surface area contributed by atoms with Crippen LogP contribution >= 0.6 is 11.8 Å². The Labute approximate surface area is 204 Å². The maximum atomic E-state index is 12.6. The van der Waals surface area contributed by atoms with Crippen LogP contribution in [0.2, 0.25) is 0 Å². The number of fused-ring (bicyclic) bond motifs is 1. The minimum absolute atomic E-state index is 0.0465. The Bertz CT molecular complexity index is 1200. The Balaban J connectivity index is 1.36. The maximum absolute atomic E-state index is 12.6. The van der Waals surface area contributed by atoms with E-state index in [2.05, 4.69) is 30.0 Å². The van der Waals surface area contributed by atoms with Crippen LogP contribution in [0.1, 0.15) is 37.0 Å². The van der Waals surface area contributed by atoms with Crippen LogP contribution in [0.15, 0.2) is 58.1 Å². The number of aryl methyl sites for hydroxylation is 2. The Hall–Kier alpha value is -3.39. The van der Waals surface area contributed by atoms with Gasteiger partial charge in [-0.1, -0.05) is 38.1 Å². The van der Waals surface area contributed by atoms with Gasteiger partial charge in [0, 0.05) is 6.42 Å². The number of hydrazone groups is 1. The van der Waals surface area contributed by atoms with Crippen molar-refractivity contribution in [2.24, 2.45) is 16.0 Å². The van der Waals surface area contributed by atoms with E-state index >= 15 is 0 Å². The molecule has 176 valence electrons. The highest BCUT2D eigenvalue weighted by atomic mass is 32.2. The molecule has 4 rings (SSSR count). The van der Waals surface area contributed by atoms with E-state index in [-0.39, 0.29) is 11.4 Å². The number of amides is 1. The highest BCUT2D eigenvalue weighted by Gasteiger charge is 2.35. The van der Waals surface area contributed by atoms with Crippen LogP contribution in [0.4, 0.5) is 0 Å². The normalized spacial score (nSPS) is 16.6. The maximum Gasteiger partial charge on any atom is 0.283 e. The van der Waals surface area contributed by atoms with Crippen molar-refractivity contribution < 1.29 is 14.3 Å². The average molecular weight is 477 g/mol. The molecule has 8 heteroatoms. The lowest BCUT2D eigenvalue weighted by molar-refractivity contribution is -0.114. The van der Waals surface area contributed by atoms with Gasteiger partial charge >= 0.3 is 0 Å². The molecule has 2 aromatic rings. The summed E-state index contributed by atoms with van der Waals surface area (Å²) in [7, 11) is 0. The van der Waals surface area contributed by atoms with Gasteiger partial charge in [0.2, 0.25) is 5.17 Å². The van der Waals surface area contributed by atoms with Crippen LogP contribution < -0.4 is 9.47 Å². The van der Waals surface area contributed by atoms with Gasteiger partial charge in [-0.05, 0) is 72.5 Å².